The summed E-state index contributed by atoms with van der Waals surface area (Å²) in [5.41, 5.74) is -0.155. The molecule has 0 amide bonds. The Kier molecular flexibility index (Phi) is 6.32. The molecule has 19 heavy (non-hydrogen) atoms. The topological polar surface area (TPSA) is 70.6 Å². The van der Waals surface area contributed by atoms with Crippen molar-refractivity contribution in [3.05, 3.63) is 0 Å². The molecule has 5 nitrogen and oxygen atoms in total. The van der Waals surface area contributed by atoms with E-state index >= 15 is 0 Å². The van der Waals surface area contributed by atoms with Gasteiger partial charge < -0.3 is 10.6 Å². The van der Waals surface area contributed by atoms with Crippen LogP contribution in [0.15, 0.2) is 4.99 Å². The Bertz CT molecular complexity index is 406. The van der Waals surface area contributed by atoms with Crippen molar-refractivity contribution in [1.29, 1.82) is 0 Å². The number of aliphatic imine (C=N–C) groups is 1. The zero-order chi connectivity index (χ0) is 15.3. The van der Waals surface area contributed by atoms with Crippen LogP contribution in [0.3, 0.4) is 0 Å². The molecule has 0 aliphatic rings. The maximum absolute atomic E-state index is 11.2. The molecule has 2 N–H and O–H groups in total. The third kappa shape index (κ3) is 10.8. The highest BCUT2D eigenvalue weighted by atomic mass is 32.2. The molecule has 0 aromatic carbocycles. The highest BCUT2D eigenvalue weighted by Crippen LogP contribution is 2.19. The van der Waals surface area contributed by atoms with Crippen LogP contribution in [0.4, 0.5) is 0 Å². The summed E-state index contributed by atoms with van der Waals surface area (Å²) in [6.07, 6.45) is 1.90. The predicted molar refractivity (Wildman–Crippen MR) is 82.4 cm³/mol. The number of sulfone groups is 1. The Labute approximate surface area is 118 Å². The number of hydrogen-bond donors (Lipinski definition) is 2. The van der Waals surface area contributed by atoms with Crippen LogP contribution >= 0.6 is 0 Å². The molecule has 0 saturated carbocycles. The van der Waals surface area contributed by atoms with Crippen molar-refractivity contribution >= 4 is 15.8 Å². The van der Waals surface area contributed by atoms with Gasteiger partial charge in [-0.15, -0.1) is 0 Å². The van der Waals surface area contributed by atoms with Crippen LogP contribution in [0.2, 0.25) is 0 Å². The Morgan fingerprint density at radius 3 is 2.05 bits per heavy atom. The minimum absolute atomic E-state index is 0.0568. The van der Waals surface area contributed by atoms with E-state index in [0.717, 1.165) is 5.96 Å². The van der Waals surface area contributed by atoms with Crippen LogP contribution in [0.5, 0.6) is 0 Å². The van der Waals surface area contributed by atoms with Gasteiger partial charge in [-0.1, -0.05) is 13.8 Å². The van der Waals surface area contributed by atoms with Gasteiger partial charge in [0.2, 0.25) is 0 Å². The highest BCUT2D eigenvalue weighted by Gasteiger charge is 2.21. The molecule has 0 aromatic rings. The number of guanidine groups is 1. The zero-order valence-electron chi connectivity index (χ0n) is 13.3. The highest BCUT2D eigenvalue weighted by molar-refractivity contribution is 7.90. The second kappa shape index (κ2) is 6.59. The lowest BCUT2D eigenvalue weighted by Crippen LogP contribution is -2.49. The molecular formula is C13H29N3O2S. The molecule has 0 saturated heterocycles. The van der Waals surface area contributed by atoms with Crippen molar-refractivity contribution < 1.29 is 8.42 Å². The molecule has 0 atom stereocenters. The summed E-state index contributed by atoms with van der Waals surface area (Å²) in [7, 11) is -1.18. The molecule has 0 rings (SSSR count). The van der Waals surface area contributed by atoms with E-state index in [2.05, 4.69) is 50.2 Å². The molecule has 0 heterocycles. The van der Waals surface area contributed by atoms with E-state index in [1.165, 1.54) is 6.26 Å². The van der Waals surface area contributed by atoms with Crippen LogP contribution in [0.25, 0.3) is 0 Å². The molecule has 0 aromatic heterocycles. The lowest BCUT2D eigenvalue weighted by molar-refractivity contribution is 0.346. The fourth-order valence-electron chi connectivity index (χ4n) is 1.41. The first-order chi connectivity index (χ1) is 8.35. The summed E-state index contributed by atoms with van der Waals surface area (Å²) >= 11 is 0. The van der Waals surface area contributed by atoms with Gasteiger partial charge in [0.25, 0.3) is 0 Å². The standard InChI is InChI=1S/C13H29N3O2S/c1-12(2,3)16-11(14-6)15-10-13(4,5)8-9-19(7,17)18/h8-10H2,1-7H3,(H2,14,15,16). The third-order valence-electron chi connectivity index (χ3n) is 2.60. The van der Waals surface area contributed by atoms with Crippen LogP contribution in [-0.4, -0.2) is 45.5 Å². The van der Waals surface area contributed by atoms with E-state index in [-0.39, 0.29) is 16.7 Å². The first kappa shape index (κ1) is 18.2. The molecule has 0 bridgehead atoms. The Balaban J connectivity index is 4.36. The van der Waals surface area contributed by atoms with Gasteiger partial charge in [0.1, 0.15) is 9.84 Å². The van der Waals surface area contributed by atoms with E-state index in [1.54, 1.807) is 7.05 Å². The van der Waals surface area contributed by atoms with Crippen molar-refractivity contribution in [1.82, 2.24) is 10.6 Å². The molecule has 0 spiro atoms. The Hall–Kier alpha value is -0.780. The maximum Gasteiger partial charge on any atom is 0.191 e. The summed E-state index contributed by atoms with van der Waals surface area (Å²) in [6.45, 7) is 11.0. The number of nitrogens with zero attached hydrogens (tertiary/aromatic N) is 1. The quantitative estimate of drug-likeness (QED) is 0.593. The number of nitrogens with one attached hydrogen (secondary N) is 2. The van der Waals surface area contributed by atoms with Gasteiger partial charge in [-0.25, -0.2) is 8.42 Å². The largest absolute Gasteiger partial charge is 0.356 e. The van der Waals surface area contributed by atoms with Crippen LogP contribution < -0.4 is 10.6 Å². The first-order valence-corrected chi connectivity index (χ1v) is 8.57. The minimum Gasteiger partial charge on any atom is -0.356 e. The third-order valence-corrected chi connectivity index (χ3v) is 3.55. The van der Waals surface area contributed by atoms with Gasteiger partial charge in [0.05, 0.1) is 5.75 Å². The second-order valence-electron chi connectivity index (χ2n) is 6.84. The Morgan fingerprint density at radius 1 is 1.16 bits per heavy atom. The van der Waals surface area contributed by atoms with Gasteiger partial charge in [0, 0.05) is 25.4 Å². The monoisotopic (exact) mass is 291 g/mol. The predicted octanol–water partition coefficient (Wildman–Crippen LogP) is 1.41. The van der Waals surface area contributed by atoms with Crippen molar-refractivity contribution in [2.45, 2.75) is 46.6 Å². The molecule has 114 valence electrons. The Morgan fingerprint density at radius 2 is 1.68 bits per heavy atom. The van der Waals surface area contributed by atoms with Gasteiger partial charge in [-0.2, -0.15) is 0 Å². The normalized spacial score (nSPS) is 14.4. The van der Waals surface area contributed by atoms with Gasteiger partial charge in [-0.05, 0) is 32.6 Å². The lowest BCUT2D eigenvalue weighted by atomic mass is 9.90. The van der Waals surface area contributed by atoms with Crippen molar-refractivity contribution in [2.24, 2.45) is 10.4 Å². The minimum atomic E-state index is -2.90. The smallest absolute Gasteiger partial charge is 0.191 e. The summed E-state index contributed by atoms with van der Waals surface area (Å²) in [6, 6.07) is 0. The lowest BCUT2D eigenvalue weighted by Gasteiger charge is -2.28. The van der Waals surface area contributed by atoms with E-state index in [1.807, 2.05) is 0 Å². The average molecular weight is 291 g/mol. The molecule has 6 heteroatoms. The SMILES string of the molecule is CN=C(NCC(C)(C)CCS(C)(=O)=O)NC(C)(C)C. The second-order valence-corrected chi connectivity index (χ2v) is 9.10. The molecule has 0 aliphatic carbocycles. The molecule has 0 fully saturated rings. The van der Waals surface area contributed by atoms with Crippen LogP contribution in [-0.2, 0) is 9.84 Å². The summed E-state index contributed by atoms with van der Waals surface area (Å²) in [4.78, 5) is 4.16. The molecular weight excluding hydrogens is 262 g/mol. The van der Waals surface area contributed by atoms with Crippen LogP contribution in [0, 0.1) is 5.41 Å². The summed E-state index contributed by atoms with van der Waals surface area (Å²) in [5.74, 6) is 0.951. The van der Waals surface area contributed by atoms with E-state index in [9.17, 15) is 8.42 Å². The van der Waals surface area contributed by atoms with Gasteiger partial charge >= 0.3 is 0 Å². The average Bonchev–Trinajstić information content (AvgIpc) is 2.19. The van der Waals surface area contributed by atoms with Crippen molar-refractivity contribution in [2.75, 3.05) is 25.6 Å². The van der Waals surface area contributed by atoms with Crippen molar-refractivity contribution in [3.63, 3.8) is 0 Å². The first-order valence-electron chi connectivity index (χ1n) is 6.51. The van der Waals surface area contributed by atoms with E-state index in [4.69, 9.17) is 0 Å². The number of rotatable bonds is 5. The van der Waals surface area contributed by atoms with Crippen LogP contribution in [0.1, 0.15) is 41.0 Å². The van der Waals surface area contributed by atoms with Crippen molar-refractivity contribution in [3.8, 4) is 0 Å². The molecule has 0 radical (unpaired) electrons. The van der Waals surface area contributed by atoms with E-state index < -0.39 is 9.84 Å². The maximum atomic E-state index is 11.2. The fraction of sp³-hybridized carbons (Fsp3) is 0.923. The van der Waals surface area contributed by atoms with Gasteiger partial charge in [-0.3, -0.25) is 4.99 Å². The molecule has 0 unspecified atom stereocenters. The molecule has 0 aliphatic heterocycles. The van der Waals surface area contributed by atoms with Gasteiger partial charge in [0.15, 0.2) is 5.96 Å². The summed E-state index contributed by atoms with van der Waals surface area (Å²) in [5, 5.41) is 6.52. The zero-order valence-corrected chi connectivity index (χ0v) is 14.1. The summed E-state index contributed by atoms with van der Waals surface area (Å²) < 4.78 is 22.4. The van der Waals surface area contributed by atoms with E-state index in [0.29, 0.717) is 13.0 Å². The fourth-order valence-corrected chi connectivity index (χ4v) is 2.33. The number of hydrogen-bond acceptors (Lipinski definition) is 3.